The third kappa shape index (κ3) is 2.46. The maximum Gasteiger partial charge on any atom is 0.0746 e. The van der Waals surface area contributed by atoms with Gasteiger partial charge in [0.1, 0.15) is 0 Å². The first kappa shape index (κ1) is 9.01. The van der Waals surface area contributed by atoms with Crippen molar-refractivity contribution in [3.8, 4) is 0 Å². The number of rotatable bonds is 1. The van der Waals surface area contributed by atoms with Crippen molar-refractivity contribution in [1.82, 2.24) is 4.90 Å². The van der Waals surface area contributed by atoms with Crippen LogP contribution in [0.15, 0.2) is 0 Å². The highest BCUT2D eigenvalue weighted by atomic mass is 16.3. The summed E-state index contributed by atoms with van der Waals surface area (Å²) in [5.74, 6) is 0. The monoisotopic (exact) mass is 157 g/mol. The van der Waals surface area contributed by atoms with Gasteiger partial charge < -0.3 is 5.11 Å². The van der Waals surface area contributed by atoms with Gasteiger partial charge in [-0.2, -0.15) is 0 Å². The number of β-amino-alcohol motifs (C(OH)–C–C–N with tert-alkyl or cyclic N) is 1. The van der Waals surface area contributed by atoms with E-state index in [1.165, 1.54) is 0 Å². The van der Waals surface area contributed by atoms with Crippen LogP contribution < -0.4 is 0 Å². The minimum absolute atomic E-state index is 0.442. The zero-order valence-corrected chi connectivity index (χ0v) is 7.80. The van der Waals surface area contributed by atoms with E-state index in [-0.39, 0.29) is 0 Å². The van der Waals surface area contributed by atoms with Gasteiger partial charge in [-0.3, -0.25) is 4.90 Å². The summed E-state index contributed by atoms with van der Waals surface area (Å²) < 4.78 is 0. The molecule has 0 amide bonds. The Labute approximate surface area is 69.2 Å². The molecule has 1 atom stereocenters. The van der Waals surface area contributed by atoms with Crippen LogP contribution in [0.25, 0.3) is 0 Å². The van der Waals surface area contributed by atoms with Gasteiger partial charge in [-0.15, -0.1) is 0 Å². The van der Waals surface area contributed by atoms with Gasteiger partial charge in [0.05, 0.1) is 5.60 Å². The summed E-state index contributed by atoms with van der Waals surface area (Å²) in [7, 11) is 0. The number of hydrogen-bond acceptors (Lipinski definition) is 2. The minimum atomic E-state index is -0.442. The van der Waals surface area contributed by atoms with Crippen molar-refractivity contribution in [3.05, 3.63) is 0 Å². The van der Waals surface area contributed by atoms with Crippen LogP contribution in [0.1, 0.15) is 33.6 Å². The average molecular weight is 157 g/mol. The standard InChI is InChI=1S/C9H19NO/c1-8(2)10-6-4-5-9(3,11)7-10/h8,11H,4-7H2,1-3H3. The van der Waals surface area contributed by atoms with Crippen molar-refractivity contribution in [2.45, 2.75) is 45.3 Å². The van der Waals surface area contributed by atoms with E-state index in [1.54, 1.807) is 0 Å². The van der Waals surface area contributed by atoms with Gasteiger partial charge in [-0.05, 0) is 40.2 Å². The summed E-state index contributed by atoms with van der Waals surface area (Å²) in [6, 6.07) is 0.571. The fourth-order valence-corrected chi connectivity index (χ4v) is 1.70. The first-order valence-electron chi connectivity index (χ1n) is 4.48. The van der Waals surface area contributed by atoms with Crippen LogP contribution in [0, 0.1) is 0 Å². The lowest BCUT2D eigenvalue weighted by molar-refractivity contribution is -0.0252. The van der Waals surface area contributed by atoms with Gasteiger partial charge in [0.15, 0.2) is 0 Å². The summed E-state index contributed by atoms with van der Waals surface area (Å²) in [6.07, 6.45) is 2.08. The molecule has 2 nitrogen and oxygen atoms in total. The third-order valence-electron chi connectivity index (χ3n) is 2.43. The molecule has 1 rings (SSSR count). The van der Waals surface area contributed by atoms with Crippen molar-refractivity contribution in [3.63, 3.8) is 0 Å². The molecule has 1 aliphatic heterocycles. The molecule has 2 heteroatoms. The zero-order chi connectivity index (χ0) is 8.48. The highest BCUT2D eigenvalue weighted by Gasteiger charge is 2.29. The number of nitrogens with zero attached hydrogens (tertiary/aromatic N) is 1. The molecular weight excluding hydrogens is 138 g/mol. The van der Waals surface area contributed by atoms with Gasteiger partial charge >= 0.3 is 0 Å². The van der Waals surface area contributed by atoms with E-state index < -0.39 is 5.60 Å². The van der Waals surface area contributed by atoms with E-state index in [1.807, 2.05) is 6.92 Å². The Balaban J connectivity index is 2.46. The molecule has 0 aromatic rings. The molecule has 11 heavy (non-hydrogen) atoms. The highest BCUT2D eigenvalue weighted by molar-refractivity contribution is 4.83. The van der Waals surface area contributed by atoms with E-state index in [2.05, 4.69) is 18.7 Å². The van der Waals surface area contributed by atoms with Gasteiger partial charge in [0, 0.05) is 12.6 Å². The second-order valence-corrected chi connectivity index (χ2v) is 4.16. The maximum atomic E-state index is 9.75. The van der Waals surface area contributed by atoms with Gasteiger partial charge in [0.25, 0.3) is 0 Å². The number of aliphatic hydroxyl groups is 1. The minimum Gasteiger partial charge on any atom is -0.389 e. The lowest BCUT2D eigenvalue weighted by Crippen LogP contribution is -2.48. The molecule has 1 N–H and O–H groups in total. The Kier molecular flexibility index (Phi) is 2.55. The van der Waals surface area contributed by atoms with E-state index in [0.717, 1.165) is 25.9 Å². The Morgan fingerprint density at radius 1 is 1.45 bits per heavy atom. The Morgan fingerprint density at radius 2 is 2.09 bits per heavy atom. The predicted octanol–water partition coefficient (Wildman–Crippen LogP) is 1.24. The Morgan fingerprint density at radius 3 is 2.45 bits per heavy atom. The molecule has 0 radical (unpaired) electrons. The molecule has 1 heterocycles. The van der Waals surface area contributed by atoms with Gasteiger partial charge in [0.2, 0.25) is 0 Å². The molecule has 1 fully saturated rings. The van der Waals surface area contributed by atoms with Crippen LogP contribution in [0.2, 0.25) is 0 Å². The van der Waals surface area contributed by atoms with E-state index in [9.17, 15) is 5.11 Å². The Bertz CT molecular complexity index is 132. The lowest BCUT2D eigenvalue weighted by Gasteiger charge is -2.39. The van der Waals surface area contributed by atoms with Crippen LogP contribution in [0.3, 0.4) is 0 Å². The molecule has 66 valence electrons. The van der Waals surface area contributed by atoms with Crippen LogP contribution in [-0.2, 0) is 0 Å². The second kappa shape index (κ2) is 3.11. The summed E-state index contributed by atoms with van der Waals surface area (Å²) in [5, 5.41) is 9.75. The quantitative estimate of drug-likeness (QED) is 0.619. The summed E-state index contributed by atoms with van der Waals surface area (Å²) in [4.78, 5) is 2.34. The molecule has 0 saturated carbocycles. The van der Waals surface area contributed by atoms with Crippen molar-refractivity contribution < 1.29 is 5.11 Å². The SMILES string of the molecule is CC(C)N1CCCC(C)(O)C1. The fraction of sp³-hybridized carbons (Fsp3) is 1.00. The highest BCUT2D eigenvalue weighted by Crippen LogP contribution is 2.21. The van der Waals surface area contributed by atoms with Gasteiger partial charge in [-0.25, -0.2) is 0 Å². The van der Waals surface area contributed by atoms with Crippen molar-refractivity contribution in [1.29, 1.82) is 0 Å². The average Bonchev–Trinajstić information content (AvgIpc) is 1.85. The third-order valence-corrected chi connectivity index (χ3v) is 2.43. The molecule has 1 aliphatic rings. The zero-order valence-electron chi connectivity index (χ0n) is 7.80. The van der Waals surface area contributed by atoms with Crippen LogP contribution >= 0.6 is 0 Å². The van der Waals surface area contributed by atoms with E-state index >= 15 is 0 Å². The molecule has 0 aromatic heterocycles. The van der Waals surface area contributed by atoms with E-state index in [0.29, 0.717) is 6.04 Å². The summed E-state index contributed by atoms with van der Waals surface area (Å²) in [6.45, 7) is 8.28. The second-order valence-electron chi connectivity index (χ2n) is 4.16. The van der Waals surface area contributed by atoms with Crippen LogP contribution in [-0.4, -0.2) is 34.7 Å². The first-order chi connectivity index (χ1) is 5.01. The summed E-state index contributed by atoms with van der Waals surface area (Å²) in [5.41, 5.74) is -0.442. The molecular formula is C9H19NO. The van der Waals surface area contributed by atoms with Crippen LogP contribution in [0.4, 0.5) is 0 Å². The molecule has 0 aliphatic carbocycles. The Hall–Kier alpha value is -0.0800. The molecule has 1 unspecified atom stereocenters. The first-order valence-corrected chi connectivity index (χ1v) is 4.48. The van der Waals surface area contributed by atoms with Crippen molar-refractivity contribution in [2.24, 2.45) is 0 Å². The topological polar surface area (TPSA) is 23.5 Å². The number of likely N-dealkylation sites (tertiary alicyclic amines) is 1. The normalized spacial score (nSPS) is 34.6. The van der Waals surface area contributed by atoms with Gasteiger partial charge in [-0.1, -0.05) is 0 Å². The van der Waals surface area contributed by atoms with Crippen molar-refractivity contribution in [2.75, 3.05) is 13.1 Å². The van der Waals surface area contributed by atoms with E-state index in [4.69, 9.17) is 0 Å². The molecule has 1 saturated heterocycles. The number of hydrogen-bond donors (Lipinski definition) is 1. The van der Waals surface area contributed by atoms with Crippen molar-refractivity contribution >= 4 is 0 Å². The number of piperidine rings is 1. The van der Waals surface area contributed by atoms with Crippen LogP contribution in [0.5, 0.6) is 0 Å². The largest absolute Gasteiger partial charge is 0.389 e. The smallest absolute Gasteiger partial charge is 0.0746 e. The molecule has 0 bridgehead atoms. The lowest BCUT2D eigenvalue weighted by atomic mass is 9.94. The fourth-order valence-electron chi connectivity index (χ4n) is 1.70. The molecule has 0 spiro atoms. The molecule has 0 aromatic carbocycles. The summed E-state index contributed by atoms with van der Waals surface area (Å²) >= 11 is 0. The predicted molar refractivity (Wildman–Crippen MR) is 46.6 cm³/mol. The maximum absolute atomic E-state index is 9.75.